The Bertz CT molecular complexity index is 636. The summed E-state index contributed by atoms with van der Waals surface area (Å²) in [6.45, 7) is 0. The summed E-state index contributed by atoms with van der Waals surface area (Å²) in [5.74, 6) is -2.99. The highest BCUT2D eigenvalue weighted by atomic mass is 19.1. The number of rotatable bonds is 3. The lowest BCUT2D eigenvalue weighted by molar-refractivity contribution is -0.138. The van der Waals surface area contributed by atoms with E-state index in [0.29, 0.717) is 6.42 Å². The zero-order valence-corrected chi connectivity index (χ0v) is 9.51. The number of halogens is 2. The molecular weight excluding hydrogens is 258 g/mol. The summed E-state index contributed by atoms with van der Waals surface area (Å²) in [4.78, 5) is 14.7. The van der Waals surface area contributed by atoms with Crippen LogP contribution in [-0.2, 0) is 4.79 Å². The predicted molar refractivity (Wildman–Crippen MR) is 58.1 cm³/mol. The Labute approximate surface area is 105 Å². The molecule has 0 amide bonds. The second kappa shape index (κ2) is 4.11. The number of aliphatic carboxylic acids is 1. The maximum Gasteiger partial charge on any atom is 0.307 e. The standard InChI is InChI=1S/C12H8F2N2O3/c13-6-1-5(2-7(14)3-6)10-15-11(19-16-10)8-4-9(8)12(17)18/h1-3,8-9H,4H2,(H,17,18). The fourth-order valence-electron chi connectivity index (χ4n) is 1.93. The van der Waals surface area contributed by atoms with Crippen LogP contribution in [0.15, 0.2) is 22.7 Å². The molecule has 2 atom stereocenters. The molecule has 5 nitrogen and oxygen atoms in total. The second-order valence-corrected chi connectivity index (χ2v) is 4.40. The molecule has 1 aromatic carbocycles. The molecule has 1 saturated carbocycles. The highest BCUT2D eigenvalue weighted by Crippen LogP contribution is 2.47. The molecule has 3 rings (SSSR count). The number of carboxylic acid groups (broad SMARTS) is 1. The lowest BCUT2D eigenvalue weighted by Gasteiger charge is -1.95. The van der Waals surface area contributed by atoms with Crippen molar-refractivity contribution in [3.63, 3.8) is 0 Å². The van der Waals surface area contributed by atoms with Crippen molar-refractivity contribution in [2.24, 2.45) is 5.92 Å². The average molecular weight is 266 g/mol. The van der Waals surface area contributed by atoms with Gasteiger partial charge in [-0.15, -0.1) is 0 Å². The number of aromatic nitrogens is 2. The van der Waals surface area contributed by atoms with Crippen LogP contribution in [0.3, 0.4) is 0 Å². The van der Waals surface area contributed by atoms with Crippen LogP contribution in [0.5, 0.6) is 0 Å². The lowest BCUT2D eigenvalue weighted by Crippen LogP contribution is -1.98. The molecule has 1 aromatic heterocycles. The van der Waals surface area contributed by atoms with E-state index in [1.165, 1.54) is 0 Å². The van der Waals surface area contributed by atoms with Crippen molar-refractivity contribution in [1.82, 2.24) is 10.1 Å². The minimum absolute atomic E-state index is 0.0458. The predicted octanol–water partition coefficient (Wildman–Crippen LogP) is 2.20. The topological polar surface area (TPSA) is 76.2 Å². The van der Waals surface area contributed by atoms with Crippen molar-refractivity contribution in [2.75, 3.05) is 0 Å². The summed E-state index contributed by atoms with van der Waals surface area (Å²) in [5, 5.41) is 12.4. The first-order chi connectivity index (χ1) is 9.04. The van der Waals surface area contributed by atoms with Gasteiger partial charge in [-0.1, -0.05) is 5.16 Å². The Kier molecular flexibility index (Phi) is 2.55. The Morgan fingerprint density at radius 1 is 1.32 bits per heavy atom. The highest BCUT2D eigenvalue weighted by molar-refractivity contribution is 5.74. The monoisotopic (exact) mass is 266 g/mol. The molecule has 19 heavy (non-hydrogen) atoms. The lowest BCUT2D eigenvalue weighted by atomic mass is 10.2. The summed E-state index contributed by atoms with van der Waals surface area (Å²) in [6.07, 6.45) is 0.439. The molecule has 1 N–H and O–H groups in total. The first kappa shape index (κ1) is 11.8. The van der Waals surface area contributed by atoms with Gasteiger partial charge in [0.25, 0.3) is 0 Å². The molecule has 1 aliphatic carbocycles. The summed E-state index contributed by atoms with van der Waals surface area (Å²) in [5.41, 5.74) is 0.153. The number of carboxylic acids is 1. The molecule has 0 saturated heterocycles. The van der Waals surface area contributed by atoms with Crippen molar-refractivity contribution in [3.05, 3.63) is 35.7 Å². The molecule has 2 aromatic rings. The quantitative estimate of drug-likeness (QED) is 0.921. The van der Waals surface area contributed by atoms with E-state index in [0.717, 1.165) is 18.2 Å². The normalized spacial score (nSPS) is 21.4. The van der Waals surface area contributed by atoms with Crippen LogP contribution in [0.2, 0.25) is 0 Å². The van der Waals surface area contributed by atoms with Crippen LogP contribution in [0, 0.1) is 17.6 Å². The van der Waals surface area contributed by atoms with Crippen molar-refractivity contribution in [2.45, 2.75) is 12.3 Å². The number of benzene rings is 1. The van der Waals surface area contributed by atoms with Crippen molar-refractivity contribution in [1.29, 1.82) is 0 Å². The van der Waals surface area contributed by atoms with E-state index < -0.39 is 23.5 Å². The Hall–Kier alpha value is -2.31. The third-order valence-corrected chi connectivity index (χ3v) is 2.99. The van der Waals surface area contributed by atoms with Crippen LogP contribution in [-0.4, -0.2) is 21.2 Å². The fraction of sp³-hybridized carbons (Fsp3) is 0.250. The molecule has 0 bridgehead atoms. The summed E-state index contributed by atoms with van der Waals surface area (Å²) >= 11 is 0. The highest BCUT2D eigenvalue weighted by Gasteiger charge is 2.48. The average Bonchev–Trinajstić information content (AvgIpc) is 2.98. The first-order valence-electron chi connectivity index (χ1n) is 5.57. The van der Waals surface area contributed by atoms with Gasteiger partial charge in [0.2, 0.25) is 11.7 Å². The van der Waals surface area contributed by atoms with Gasteiger partial charge < -0.3 is 9.63 Å². The summed E-state index contributed by atoms with van der Waals surface area (Å²) < 4.78 is 31.0. The zero-order valence-electron chi connectivity index (χ0n) is 9.51. The number of nitrogens with zero attached hydrogens (tertiary/aromatic N) is 2. The van der Waals surface area contributed by atoms with Crippen molar-refractivity contribution in [3.8, 4) is 11.4 Å². The van der Waals surface area contributed by atoms with E-state index >= 15 is 0 Å². The minimum Gasteiger partial charge on any atom is -0.481 e. The third-order valence-electron chi connectivity index (χ3n) is 2.99. The van der Waals surface area contributed by atoms with E-state index in [4.69, 9.17) is 9.63 Å². The van der Waals surface area contributed by atoms with Gasteiger partial charge in [-0.2, -0.15) is 4.98 Å². The molecule has 2 unspecified atom stereocenters. The SMILES string of the molecule is O=C(O)C1CC1c1nc(-c2cc(F)cc(F)c2)no1. The zero-order chi connectivity index (χ0) is 13.6. The van der Waals surface area contributed by atoms with Crippen LogP contribution in [0.1, 0.15) is 18.2 Å². The van der Waals surface area contributed by atoms with Gasteiger partial charge in [0.05, 0.1) is 11.8 Å². The second-order valence-electron chi connectivity index (χ2n) is 4.40. The number of hydrogen-bond acceptors (Lipinski definition) is 4. The molecule has 1 fully saturated rings. The first-order valence-corrected chi connectivity index (χ1v) is 5.57. The van der Waals surface area contributed by atoms with Gasteiger partial charge in [-0.25, -0.2) is 8.78 Å². The molecule has 7 heteroatoms. The molecule has 1 heterocycles. The maximum atomic E-state index is 13.1. The number of carbonyl (C=O) groups is 1. The maximum absolute atomic E-state index is 13.1. The van der Waals surface area contributed by atoms with E-state index in [1.807, 2.05) is 0 Å². The third kappa shape index (κ3) is 2.18. The smallest absolute Gasteiger partial charge is 0.307 e. The van der Waals surface area contributed by atoms with Gasteiger partial charge in [0.1, 0.15) is 11.6 Å². The Balaban J connectivity index is 1.87. The minimum atomic E-state index is -0.915. The molecule has 0 radical (unpaired) electrons. The van der Waals surface area contributed by atoms with Gasteiger partial charge in [-0.3, -0.25) is 4.79 Å². The summed E-state index contributed by atoms with van der Waals surface area (Å²) in [7, 11) is 0. The van der Waals surface area contributed by atoms with E-state index in [2.05, 4.69) is 10.1 Å². The van der Waals surface area contributed by atoms with E-state index in [1.54, 1.807) is 0 Å². The van der Waals surface area contributed by atoms with E-state index in [9.17, 15) is 13.6 Å². The van der Waals surface area contributed by atoms with Crippen LogP contribution >= 0.6 is 0 Å². The van der Waals surface area contributed by atoms with Crippen LogP contribution < -0.4 is 0 Å². The van der Waals surface area contributed by atoms with Crippen molar-refractivity contribution < 1.29 is 23.2 Å². The molecular formula is C12H8F2N2O3. The molecule has 1 aliphatic rings. The van der Waals surface area contributed by atoms with Gasteiger partial charge >= 0.3 is 5.97 Å². The molecule has 0 spiro atoms. The van der Waals surface area contributed by atoms with Crippen LogP contribution in [0.25, 0.3) is 11.4 Å². The molecule has 0 aliphatic heterocycles. The van der Waals surface area contributed by atoms with Crippen LogP contribution in [0.4, 0.5) is 8.78 Å². The summed E-state index contributed by atoms with van der Waals surface area (Å²) in [6, 6.07) is 2.91. The van der Waals surface area contributed by atoms with E-state index in [-0.39, 0.29) is 23.2 Å². The largest absolute Gasteiger partial charge is 0.481 e. The Morgan fingerprint density at radius 2 is 2.00 bits per heavy atom. The van der Waals surface area contributed by atoms with Crippen molar-refractivity contribution >= 4 is 5.97 Å². The molecule has 98 valence electrons. The van der Waals surface area contributed by atoms with Gasteiger partial charge in [-0.05, 0) is 18.6 Å². The van der Waals surface area contributed by atoms with Gasteiger partial charge in [0, 0.05) is 11.6 Å². The Morgan fingerprint density at radius 3 is 2.58 bits per heavy atom. The number of hydrogen-bond donors (Lipinski definition) is 1. The van der Waals surface area contributed by atoms with Gasteiger partial charge in [0.15, 0.2) is 0 Å². The fourth-order valence-corrected chi connectivity index (χ4v) is 1.93.